The normalized spacial score (nSPS) is 14.4. The zero-order chi connectivity index (χ0) is 40.0. The maximum Gasteiger partial charge on any atom is 0.184 e. The third-order valence-corrected chi connectivity index (χ3v) is 23.0. The van der Waals surface area contributed by atoms with Gasteiger partial charge in [-0.05, 0) is 104 Å². The number of anilines is 3. The van der Waals surface area contributed by atoms with E-state index in [1.54, 1.807) is 0 Å². The standard InChI is InChI=1S/C56H42N2Si2/c1-39-31-33-48-46(35-39)47-36-40(2)32-34-49(47)57(48)41-37-54-56-55(38-41)60(44-23-11-5-12-24-44,45-25-13-6-14-26-45)53-30-18-16-28-51(53)58(56)50-27-15-17-29-52(50)59(54,42-19-7-3-8-20-42)43-21-9-4-10-22-43/h3-38H,1-2H3. The van der Waals surface area contributed by atoms with Crippen LogP contribution in [0.2, 0.25) is 0 Å². The van der Waals surface area contributed by atoms with Gasteiger partial charge in [0, 0.05) is 33.5 Å². The lowest BCUT2D eigenvalue weighted by atomic mass is 10.1. The molecular formula is C56H42N2Si2. The van der Waals surface area contributed by atoms with Crippen molar-refractivity contribution in [2.75, 3.05) is 4.90 Å². The average Bonchev–Trinajstić information content (AvgIpc) is 3.62. The first-order valence-electron chi connectivity index (χ1n) is 21.0. The molecular weight excluding hydrogens is 757 g/mol. The zero-order valence-corrected chi connectivity index (χ0v) is 35.7. The first-order valence-corrected chi connectivity index (χ1v) is 25.0. The van der Waals surface area contributed by atoms with Crippen LogP contribution < -0.4 is 46.4 Å². The highest BCUT2D eigenvalue weighted by Crippen LogP contribution is 2.43. The van der Waals surface area contributed by atoms with E-state index < -0.39 is 16.1 Å². The minimum Gasteiger partial charge on any atom is -0.311 e. The zero-order valence-electron chi connectivity index (χ0n) is 33.7. The number of fused-ring (bicyclic) bond motifs is 7. The van der Waals surface area contributed by atoms with E-state index in [2.05, 4.69) is 242 Å². The average molecular weight is 799 g/mol. The van der Waals surface area contributed by atoms with Gasteiger partial charge in [-0.25, -0.2) is 0 Å². The molecule has 2 nitrogen and oxygen atoms in total. The second kappa shape index (κ2) is 13.3. The Labute approximate surface area is 353 Å². The highest BCUT2D eigenvalue weighted by Gasteiger charge is 2.56. The van der Waals surface area contributed by atoms with Gasteiger partial charge in [0.1, 0.15) is 0 Å². The molecule has 284 valence electrons. The van der Waals surface area contributed by atoms with E-state index >= 15 is 0 Å². The molecule has 3 heterocycles. The van der Waals surface area contributed by atoms with Gasteiger partial charge in [-0.15, -0.1) is 0 Å². The van der Waals surface area contributed by atoms with Gasteiger partial charge in [-0.2, -0.15) is 0 Å². The molecule has 12 rings (SSSR count). The summed E-state index contributed by atoms with van der Waals surface area (Å²) >= 11 is 0. The van der Waals surface area contributed by atoms with Crippen LogP contribution in [0, 0.1) is 13.8 Å². The molecule has 0 amide bonds. The van der Waals surface area contributed by atoms with Crippen molar-refractivity contribution in [1.82, 2.24) is 4.57 Å². The number of hydrogen-bond acceptors (Lipinski definition) is 1. The van der Waals surface area contributed by atoms with E-state index in [1.807, 2.05) is 0 Å². The second-order valence-corrected chi connectivity index (χ2v) is 24.1. The van der Waals surface area contributed by atoms with Gasteiger partial charge in [-0.3, -0.25) is 0 Å². The lowest BCUT2D eigenvalue weighted by Crippen LogP contribution is -2.82. The van der Waals surface area contributed by atoms with Crippen molar-refractivity contribution in [3.8, 4) is 5.69 Å². The molecule has 0 bridgehead atoms. The van der Waals surface area contributed by atoms with Gasteiger partial charge in [0.05, 0.1) is 11.0 Å². The van der Waals surface area contributed by atoms with Gasteiger partial charge >= 0.3 is 0 Å². The predicted octanol–water partition coefficient (Wildman–Crippen LogP) is 8.25. The topological polar surface area (TPSA) is 8.17 Å². The van der Waals surface area contributed by atoms with Crippen molar-refractivity contribution in [2.45, 2.75) is 13.8 Å². The number of para-hydroxylation sites is 2. The molecule has 4 heteroatoms. The molecule has 60 heavy (non-hydrogen) atoms. The number of hydrogen-bond donors (Lipinski definition) is 0. The van der Waals surface area contributed by atoms with E-state index in [-0.39, 0.29) is 0 Å². The van der Waals surface area contributed by atoms with Crippen LogP contribution in [0.1, 0.15) is 11.1 Å². The predicted molar refractivity (Wildman–Crippen MR) is 259 cm³/mol. The van der Waals surface area contributed by atoms with Gasteiger partial charge in [0.2, 0.25) is 0 Å². The summed E-state index contributed by atoms with van der Waals surface area (Å²) in [6.07, 6.45) is 0. The third-order valence-electron chi connectivity index (χ3n) is 13.4. The van der Waals surface area contributed by atoms with E-state index in [0.29, 0.717) is 0 Å². The molecule has 0 unspecified atom stereocenters. The van der Waals surface area contributed by atoms with Crippen molar-refractivity contribution >= 4 is 96.5 Å². The lowest BCUT2D eigenvalue weighted by molar-refractivity contribution is 1.18. The summed E-state index contributed by atoms with van der Waals surface area (Å²) in [7, 11) is -6.09. The highest BCUT2D eigenvalue weighted by atomic mass is 28.3. The molecule has 0 fully saturated rings. The molecule has 1 aromatic heterocycles. The first-order chi connectivity index (χ1) is 29.6. The minimum atomic E-state index is -3.05. The summed E-state index contributed by atoms with van der Waals surface area (Å²) < 4.78 is 2.58. The minimum absolute atomic E-state index is 1.21. The summed E-state index contributed by atoms with van der Waals surface area (Å²) in [6, 6.07) is 83.9. The quantitative estimate of drug-likeness (QED) is 0.159. The number of rotatable bonds is 5. The number of nitrogens with zero attached hydrogens (tertiary/aromatic N) is 2. The Balaban J connectivity index is 1.36. The van der Waals surface area contributed by atoms with Crippen LogP contribution in [0.25, 0.3) is 27.5 Å². The largest absolute Gasteiger partial charge is 0.311 e. The molecule has 0 radical (unpaired) electrons. The van der Waals surface area contributed by atoms with E-state index in [9.17, 15) is 0 Å². The Bertz CT molecular complexity index is 2990. The Morgan fingerprint density at radius 2 is 0.683 bits per heavy atom. The number of aryl methyl sites for hydroxylation is 2. The van der Waals surface area contributed by atoms with Crippen molar-refractivity contribution in [3.63, 3.8) is 0 Å². The first kappa shape index (κ1) is 35.0. The van der Waals surface area contributed by atoms with Crippen LogP contribution >= 0.6 is 0 Å². The van der Waals surface area contributed by atoms with Crippen LogP contribution in [0.15, 0.2) is 218 Å². The van der Waals surface area contributed by atoms with Crippen LogP contribution in [0.3, 0.4) is 0 Å². The lowest BCUT2D eigenvalue weighted by Gasteiger charge is -2.52. The molecule has 0 N–H and O–H groups in total. The van der Waals surface area contributed by atoms with Crippen molar-refractivity contribution < 1.29 is 0 Å². The molecule has 2 aliphatic heterocycles. The maximum atomic E-state index is 2.66. The second-order valence-electron chi connectivity index (χ2n) is 16.6. The molecule has 0 saturated heterocycles. The fourth-order valence-corrected chi connectivity index (χ4v) is 21.5. The Morgan fingerprint density at radius 1 is 0.333 bits per heavy atom. The summed E-state index contributed by atoms with van der Waals surface area (Å²) in [5, 5.41) is 13.8. The smallest absolute Gasteiger partial charge is 0.184 e. The summed E-state index contributed by atoms with van der Waals surface area (Å²) in [6.45, 7) is 4.43. The molecule has 9 aromatic carbocycles. The van der Waals surface area contributed by atoms with E-state index in [0.717, 1.165) is 0 Å². The fourth-order valence-electron chi connectivity index (χ4n) is 11.1. The van der Waals surface area contributed by atoms with Gasteiger partial charge in [-0.1, -0.05) is 181 Å². The summed E-state index contributed by atoms with van der Waals surface area (Å²) in [4.78, 5) is 2.66. The molecule has 0 saturated carbocycles. The fraction of sp³-hybridized carbons (Fsp3) is 0.0357. The van der Waals surface area contributed by atoms with Crippen LogP contribution in [-0.2, 0) is 0 Å². The van der Waals surface area contributed by atoms with Crippen molar-refractivity contribution in [1.29, 1.82) is 0 Å². The Kier molecular flexibility index (Phi) is 7.74. The Hall–Kier alpha value is -6.99. The molecule has 0 atom stereocenters. The van der Waals surface area contributed by atoms with Crippen LogP contribution in [-0.4, -0.2) is 20.7 Å². The van der Waals surface area contributed by atoms with Crippen molar-refractivity contribution in [3.05, 3.63) is 230 Å². The van der Waals surface area contributed by atoms with Crippen LogP contribution in [0.4, 0.5) is 17.1 Å². The van der Waals surface area contributed by atoms with Gasteiger partial charge < -0.3 is 9.47 Å². The van der Waals surface area contributed by atoms with E-state index in [4.69, 9.17) is 0 Å². The molecule has 0 spiro atoms. The molecule has 10 aromatic rings. The van der Waals surface area contributed by atoms with Crippen LogP contribution in [0.5, 0.6) is 0 Å². The maximum absolute atomic E-state index is 3.05. The molecule has 0 aliphatic carbocycles. The Morgan fingerprint density at radius 3 is 1.07 bits per heavy atom. The summed E-state index contributed by atoms with van der Waals surface area (Å²) in [5.41, 5.74) is 10.1. The SMILES string of the molecule is Cc1ccc2c(c1)c1cc(C)ccc1n2-c1cc2c3c(c1)[Si](c1ccccc1)(c1ccccc1)c1ccccc1N3c1ccccc1[Si]2(c1ccccc1)c1ccccc1. The third kappa shape index (κ3) is 4.69. The van der Waals surface area contributed by atoms with E-state index in [1.165, 1.54) is 97.2 Å². The van der Waals surface area contributed by atoms with Crippen molar-refractivity contribution in [2.24, 2.45) is 0 Å². The monoisotopic (exact) mass is 798 g/mol. The molecule has 2 aliphatic rings. The summed E-state index contributed by atoms with van der Waals surface area (Å²) in [5.74, 6) is 0. The van der Waals surface area contributed by atoms with Gasteiger partial charge in [0.25, 0.3) is 0 Å². The number of aromatic nitrogens is 1. The van der Waals surface area contributed by atoms with Gasteiger partial charge in [0.15, 0.2) is 16.1 Å². The highest BCUT2D eigenvalue weighted by molar-refractivity contribution is 7.24. The number of benzene rings is 9.